The average molecular weight is 342 g/mol. The van der Waals surface area contributed by atoms with Crippen molar-refractivity contribution in [2.75, 3.05) is 18.6 Å². The lowest BCUT2D eigenvalue weighted by Gasteiger charge is -2.24. The van der Waals surface area contributed by atoms with Gasteiger partial charge in [-0.3, -0.25) is 9.59 Å². The highest BCUT2D eigenvalue weighted by molar-refractivity contribution is 5.93. The van der Waals surface area contributed by atoms with E-state index >= 15 is 0 Å². The number of carbonyl (C=O) groups is 2. The Balaban J connectivity index is 1.68. The third-order valence-electron chi connectivity index (χ3n) is 4.48. The van der Waals surface area contributed by atoms with E-state index in [4.69, 9.17) is 4.42 Å². The third kappa shape index (κ3) is 3.68. The van der Waals surface area contributed by atoms with Crippen LogP contribution in [0.15, 0.2) is 41.0 Å². The second kappa shape index (κ2) is 7.42. The van der Waals surface area contributed by atoms with E-state index in [1.807, 2.05) is 18.2 Å². The number of benzene rings is 1. The van der Waals surface area contributed by atoms with E-state index in [1.54, 1.807) is 0 Å². The van der Waals surface area contributed by atoms with E-state index in [0.717, 1.165) is 12.0 Å². The van der Waals surface area contributed by atoms with Crippen LogP contribution in [0.4, 0.5) is 5.69 Å². The standard InChI is InChI=1S/C19H22N2O4/c1-13-11-14-5-3-4-6-16(14)21(13)12-15-8-10-25-18(15)19(23)20-9-7-17(22)24-2/h3-6,8,10,13H,7,9,11-12H2,1-2H3,(H,20,23)/t13-/m1/s1. The smallest absolute Gasteiger partial charge is 0.307 e. The molecule has 1 aliphatic rings. The maximum absolute atomic E-state index is 12.3. The Morgan fingerprint density at radius 2 is 2.12 bits per heavy atom. The van der Waals surface area contributed by atoms with Crippen molar-refractivity contribution in [1.29, 1.82) is 0 Å². The van der Waals surface area contributed by atoms with Gasteiger partial charge >= 0.3 is 5.97 Å². The molecule has 6 nitrogen and oxygen atoms in total. The molecule has 0 spiro atoms. The van der Waals surface area contributed by atoms with Crippen molar-refractivity contribution in [3.63, 3.8) is 0 Å². The van der Waals surface area contributed by atoms with E-state index in [2.05, 4.69) is 34.0 Å². The molecule has 2 heterocycles. The highest BCUT2D eigenvalue weighted by Gasteiger charge is 2.27. The molecule has 1 aromatic heterocycles. The Labute approximate surface area is 146 Å². The summed E-state index contributed by atoms with van der Waals surface area (Å²) in [5, 5.41) is 2.69. The van der Waals surface area contributed by atoms with E-state index < -0.39 is 0 Å². The lowest BCUT2D eigenvalue weighted by atomic mass is 10.1. The first kappa shape index (κ1) is 17.1. The molecule has 0 saturated carbocycles. The topological polar surface area (TPSA) is 71.8 Å². The van der Waals surface area contributed by atoms with Crippen LogP contribution in [0.2, 0.25) is 0 Å². The van der Waals surface area contributed by atoms with Gasteiger partial charge in [-0.2, -0.15) is 0 Å². The van der Waals surface area contributed by atoms with Gasteiger partial charge < -0.3 is 19.4 Å². The fraction of sp³-hybridized carbons (Fsp3) is 0.368. The minimum Gasteiger partial charge on any atom is -0.469 e. The van der Waals surface area contributed by atoms with Crippen molar-refractivity contribution in [2.45, 2.75) is 32.4 Å². The normalized spacial score (nSPS) is 15.8. The van der Waals surface area contributed by atoms with Gasteiger partial charge in [0.05, 0.1) is 19.8 Å². The molecular formula is C19H22N2O4. The summed E-state index contributed by atoms with van der Waals surface area (Å²) in [6.45, 7) is 3.00. The summed E-state index contributed by atoms with van der Waals surface area (Å²) in [7, 11) is 1.32. The second-order valence-corrected chi connectivity index (χ2v) is 6.17. The Kier molecular flexibility index (Phi) is 5.07. The predicted octanol–water partition coefficient (Wildman–Crippen LogP) is 2.52. The number of para-hydroxylation sites is 1. The van der Waals surface area contributed by atoms with Crippen LogP contribution < -0.4 is 10.2 Å². The molecule has 0 fully saturated rings. The quantitative estimate of drug-likeness (QED) is 0.817. The number of carbonyl (C=O) groups excluding carboxylic acids is 2. The molecule has 0 unspecified atom stereocenters. The number of nitrogens with zero attached hydrogens (tertiary/aromatic N) is 1. The lowest BCUT2D eigenvalue weighted by Crippen LogP contribution is -2.31. The van der Waals surface area contributed by atoms with E-state index in [0.29, 0.717) is 18.3 Å². The minimum atomic E-state index is -0.359. The van der Waals surface area contributed by atoms with Crippen molar-refractivity contribution in [1.82, 2.24) is 5.32 Å². The summed E-state index contributed by atoms with van der Waals surface area (Å²) in [6, 6.07) is 10.5. The van der Waals surface area contributed by atoms with Gasteiger partial charge in [0.1, 0.15) is 0 Å². The number of hydrogen-bond donors (Lipinski definition) is 1. The Bertz CT molecular complexity index is 768. The number of ether oxygens (including phenoxy) is 1. The van der Waals surface area contributed by atoms with Crippen LogP contribution in [0.5, 0.6) is 0 Å². The number of esters is 1. The van der Waals surface area contributed by atoms with Gasteiger partial charge in [-0.05, 0) is 31.0 Å². The molecule has 25 heavy (non-hydrogen) atoms. The fourth-order valence-electron chi connectivity index (χ4n) is 3.17. The SMILES string of the molecule is COC(=O)CCNC(=O)c1occc1CN1c2ccccc2C[C@H]1C. The van der Waals surface area contributed by atoms with Gasteiger partial charge in [-0.15, -0.1) is 0 Å². The van der Waals surface area contributed by atoms with Gasteiger partial charge in [-0.25, -0.2) is 0 Å². The number of hydrogen-bond acceptors (Lipinski definition) is 5. The Morgan fingerprint density at radius 3 is 2.92 bits per heavy atom. The first-order valence-corrected chi connectivity index (χ1v) is 8.36. The molecular weight excluding hydrogens is 320 g/mol. The zero-order valence-electron chi connectivity index (χ0n) is 14.5. The molecule has 1 amide bonds. The summed E-state index contributed by atoms with van der Waals surface area (Å²) in [6.07, 6.45) is 2.65. The molecule has 1 aliphatic heterocycles. The molecule has 0 saturated heterocycles. The molecule has 0 radical (unpaired) electrons. The molecule has 3 rings (SSSR count). The van der Waals surface area contributed by atoms with Crippen molar-refractivity contribution in [3.8, 4) is 0 Å². The molecule has 1 aromatic carbocycles. The van der Waals surface area contributed by atoms with Crippen molar-refractivity contribution >= 4 is 17.6 Å². The summed E-state index contributed by atoms with van der Waals surface area (Å²) >= 11 is 0. The zero-order valence-corrected chi connectivity index (χ0v) is 14.5. The van der Waals surface area contributed by atoms with Gasteiger partial charge in [0, 0.05) is 30.4 Å². The predicted molar refractivity (Wildman–Crippen MR) is 93.5 cm³/mol. The first-order valence-electron chi connectivity index (χ1n) is 8.36. The van der Waals surface area contributed by atoms with E-state index in [1.165, 1.54) is 24.6 Å². The van der Waals surface area contributed by atoms with Crippen LogP contribution in [-0.2, 0) is 22.5 Å². The fourth-order valence-corrected chi connectivity index (χ4v) is 3.17. The molecule has 132 valence electrons. The maximum Gasteiger partial charge on any atom is 0.307 e. The Morgan fingerprint density at radius 1 is 1.32 bits per heavy atom. The van der Waals surface area contributed by atoms with Crippen molar-refractivity contribution in [2.24, 2.45) is 0 Å². The number of anilines is 1. The van der Waals surface area contributed by atoms with Gasteiger partial charge in [0.15, 0.2) is 5.76 Å². The lowest BCUT2D eigenvalue weighted by molar-refractivity contribution is -0.140. The number of amides is 1. The molecule has 1 atom stereocenters. The van der Waals surface area contributed by atoms with E-state index in [-0.39, 0.29) is 24.8 Å². The third-order valence-corrected chi connectivity index (χ3v) is 4.48. The molecule has 0 aliphatic carbocycles. The largest absolute Gasteiger partial charge is 0.469 e. The van der Waals surface area contributed by atoms with Crippen LogP contribution in [0.1, 0.15) is 35.0 Å². The Hall–Kier alpha value is -2.76. The summed E-state index contributed by atoms with van der Waals surface area (Å²) in [5.74, 6) is -0.382. The zero-order chi connectivity index (χ0) is 17.8. The van der Waals surface area contributed by atoms with Crippen LogP contribution in [0.3, 0.4) is 0 Å². The van der Waals surface area contributed by atoms with Crippen LogP contribution in [-0.4, -0.2) is 31.6 Å². The molecule has 6 heteroatoms. The summed E-state index contributed by atoms with van der Waals surface area (Å²) < 4.78 is 9.95. The van der Waals surface area contributed by atoms with Crippen molar-refractivity contribution < 1.29 is 18.7 Å². The molecule has 0 bridgehead atoms. The minimum absolute atomic E-state index is 0.134. The number of methoxy groups -OCH3 is 1. The van der Waals surface area contributed by atoms with Crippen LogP contribution in [0, 0.1) is 0 Å². The highest BCUT2D eigenvalue weighted by Crippen LogP contribution is 2.33. The number of fused-ring (bicyclic) bond motifs is 1. The second-order valence-electron chi connectivity index (χ2n) is 6.17. The molecule has 2 aromatic rings. The maximum atomic E-state index is 12.3. The first-order chi connectivity index (χ1) is 12.1. The number of rotatable bonds is 6. The van der Waals surface area contributed by atoms with E-state index in [9.17, 15) is 9.59 Å². The summed E-state index contributed by atoms with van der Waals surface area (Å²) in [5.41, 5.74) is 3.36. The van der Waals surface area contributed by atoms with Gasteiger partial charge in [0.25, 0.3) is 5.91 Å². The molecule has 1 N–H and O–H groups in total. The average Bonchev–Trinajstić information content (AvgIpc) is 3.20. The van der Waals surface area contributed by atoms with Gasteiger partial charge in [-0.1, -0.05) is 18.2 Å². The number of furan rings is 1. The van der Waals surface area contributed by atoms with Crippen molar-refractivity contribution in [3.05, 3.63) is 53.5 Å². The van der Waals surface area contributed by atoms with Crippen LogP contribution >= 0.6 is 0 Å². The number of nitrogens with one attached hydrogen (secondary N) is 1. The highest BCUT2D eigenvalue weighted by atomic mass is 16.5. The monoisotopic (exact) mass is 342 g/mol. The van der Waals surface area contributed by atoms with Crippen LogP contribution in [0.25, 0.3) is 0 Å². The summed E-state index contributed by atoms with van der Waals surface area (Å²) in [4.78, 5) is 25.7. The van der Waals surface area contributed by atoms with Gasteiger partial charge in [0.2, 0.25) is 0 Å².